The summed E-state index contributed by atoms with van der Waals surface area (Å²) in [6.07, 6.45) is 1.52. The first-order chi connectivity index (χ1) is 10.6. The Morgan fingerprint density at radius 1 is 1.27 bits per heavy atom. The highest BCUT2D eigenvalue weighted by Crippen LogP contribution is 2.17. The molecule has 0 aliphatic rings. The van der Waals surface area contributed by atoms with Crippen LogP contribution in [0.5, 0.6) is 5.75 Å². The van der Waals surface area contributed by atoms with Gasteiger partial charge in [-0.3, -0.25) is 4.79 Å². The van der Waals surface area contributed by atoms with E-state index in [9.17, 15) is 4.79 Å². The Labute approximate surface area is 131 Å². The van der Waals surface area contributed by atoms with Gasteiger partial charge in [-0.25, -0.2) is 0 Å². The topological polar surface area (TPSA) is 42.7 Å². The van der Waals surface area contributed by atoms with Gasteiger partial charge < -0.3 is 14.1 Å². The Morgan fingerprint density at radius 3 is 2.64 bits per heavy atom. The lowest BCUT2D eigenvalue weighted by atomic mass is 10.2. The molecule has 0 saturated carbocycles. The first-order valence-corrected chi connectivity index (χ1v) is 7.29. The molecule has 2 aromatic rings. The molecule has 0 saturated heterocycles. The number of rotatable bonds is 7. The second kappa shape index (κ2) is 7.50. The molecule has 0 fully saturated rings. The fourth-order valence-electron chi connectivity index (χ4n) is 2.11. The summed E-state index contributed by atoms with van der Waals surface area (Å²) in [6.45, 7) is 9.11. The smallest absolute Gasteiger partial charge is 0.290 e. The third-order valence-corrected chi connectivity index (χ3v) is 3.21. The number of hydrogen-bond donors (Lipinski definition) is 0. The van der Waals surface area contributed by atoms with Crippen molar-refractivity contribution in [2.24, 2.45) is 0 Å². The van der Waals surface area contributed by atoms with Crippen LogP contribution in [0.25, 0.3) is 0 Å². The molecule has 0 bridgehead atoms. The van der Waals surface area contributed by atoms with Crippen LogP contribution >= 0.6 is 0 Å². The second-order valence-electron chi connectivity index (χ2n) is 5.15. The molecule has 1 aromatic carbocycles. The maximum atomic E-state index is 12.5. The highest BCUT2D eigenvalue weighted by atomic mass is 16.5. The van der Waals surface area contributed by atoms with Crippen LogP contribution in [0, 0.1) is 0 Å². The fourth-order valence-corrected chi connectivity index (χ4v) is 2.11. The molecular weight excluding hydrogens is 278 g/mol. The Balaban J connectivity index is 2.08. The van der Waals surface area contributed by atoms with Crippen molar-refractivity contribution in [2.45, 2.75) is 20.5 Å². The highest BCUT2D eigenvalue weighted by Gasteiger charge is 2.21. The summed E-state index contributed by atoms with van der Waals surface area (Å²) in [5.74, 6) is 0.956. The van der Waals surface area contributed by atoms with Crippen LogP contribution in [0.15, 0.2) is 59.2 Å². The lowest BCUT2D eigenvalue weighted by Crippen LogP contribution is -2.32. The van der Waals surface area contributed by atoms with Gasteiger partial charge in [0.15, 0.2) is 5.76 Å². The van der Waals surface area contributed by atoms with Crippen molar-refractivity contribution >= 4 is 5.91 Å². The molecule has 4 heteroatoms. The first kappa shape index (κ1) is 15.9. The van der Waals surface area contributed by atoms with Gasteiger partial charge in [0.05, 0.1) is 6.26 Å². The summed E-state index contributed by atoms with van der Waals surface area (Å²) in [7, 11) is 0. The van der Waals surface area contributed by atoms with E-state index < -0.39 is 0 Å². The van der Waals surface area contributed by atoms with Crippen molar-refractivity contribution in [3.05, 3.63) is 66.1 Å². The number of nitrogens with zero attached hydrogens (tertiary/aromatic N) is 1. The number of ether oxygens (including phenoxy) is 1. The SMILES string of the molecule is C=C(C)CN(CC)C(=O)c1occc1COc1ccccc1. The standard InChI is InChI=1S/C18H21NO3/c1-4-19(12-14(2)3)18(20)17-15(10-11-21-17)13-22-16-8-6-5-7-9-16/h5-11H,2,4,12-13H2,1,3H3. The average Bonchev–Trinajstić information content (AvgIpc) is 2.99. The predicted octanol–water partition coefficient (Wildman–Crippen LogP) is 3.90. The van der Waals surface area contributed by atoms with Crippen LogP contribution in [0.1, 0.15) is 30.0 Å². The number of carbonyl (C=O) groups is 1. The maximum absolute atomic E-state index is 12.5. The van der Waals surface area contributed by atoms with Crippen LogP contribution in [0.2, 0.25) is 0 Å². The number of hydrogen-bond acceptors (Lipinski definition) is 3. The van der Waals surface area contributed by atoms with E-state index in [1.165, 1.54) is 6.26 Å². The van der Waals surface area contributed by atoms with Gasteiger partial charge in [-0.15, -0.1) is 0 Å². The van der Waals surface area contributed by atoms with Crippen molar-refractivity contribution in [2.75, 3.05) is 13.1 Å². The third kappa shape index (κ3) is 4.01. The van der Waals surface area contributed by atoms with Crippen molar-refractivity contribution in [1.82, 2.24) is 4.90 Å². The van der Waals surface area contributed by atoms with Crippen molar-refractivity contribution in [3.8, 4) is 5.75 Å². The molecule has 1 aromatic heterocycles. The summed E-state index contributed by atoms with van der Waals surface area (Å²) in [5.41, 5.74) is 1.68. The molecule has 0 radical (unpaired) electrons. The molecular formula is C18H21NO3. The minimum absolute atomic E-state index is 0.137. The Kier molecular flexibility index (Phi) is 5.42. The maximum Gasteiger partial charge on any atom is 0.290 e. The first-order valence-electron chi connectivity index (χ1n) is 7.29. The number of carbonyl (C=O) groups excluding carboxylic acids is 1. The molecule has 0 aliphatic heterocycles. The molecule has 0 spiro atoms. The minimum Gasteiger partial charge on any atom is -0.489 e. The van der Waals surface area contributed by atoms with E-state index in [-0.39, 0.29) is 5.91 Å². The van der Waals surface area contributed by atoms with E-state index in [1.807, 2.05) is 44.2 Å². The quantitative estimate of drug-likeness (QED) is 0.728. The lowest BCUT2D eigenvalue weighted by Gasteiger charge is -2.20. The average molecular weight is 299 g/mol. The molecule has 4 nitrogen and oxygen atoms in total. The summed E-state index contributed by atoms with van der Waals surface area (Å²) in [4.78, 5) is 14.2. The number of benzene rings is 1. The van der Waals surface area contributed by atoms with Gasteiger partial charge in [-0.2, -0.15) is 0 Å². The van der Waals surface area contributed by atoms with Crippen molar-refractivity contribution < 1.29 is 13.9 Å². The number of likely N-dealkylation sites (N-methyl/N-ethyl adjacent to an activating group) is 1. The summed E-state index contributed by atoms with van der Waals surface area (Å²) >= 11 is 0. The summed E-state index contributed by atoms with van der Waals surface area (Å²) < 4.78 is 11.1. The largest absolute Gasteiger partial charge is 0.489 e. The molecule has 1 amide bonds. The molecule has 0 aliphatic carbocycles. The molecule has 116 valence electrons. The minimum atomic E-state index is -0.137. The zero-order valence-electron chi connectivity index (χ0n) is 13.0. The van der Waals surface area contributed by atoms with Crippen LogP contribution in [0.4, 0.5) is 0 Å². The summed E-state index contributed by atoms with van der Waals surface area (Å²) in [5, 5.41) is 0. The molecule has 0 atom stereocenters. The van der Waals surface area contributed by atoms with Gasteiger partial charge in [-0.1, -0.05) is 30.4 Å². The van der Waals surface area contributed by atoms with Crippen LogP contribution < -0.4 is 4.74 Å². The predicted molar refractivity (Wildman–Crippen MR) is 85.9 cm³/mol. The molecule has 1 heterocycles. The number of amides is 1. The summed E-state index contributed by atoms with van der Waals surface area (Å²) in [6, 6.07) is 11.3. The zero-order chi connectivity index (χ0) is 15.9. The van der Waals surface area contributed by atoms with E-state index in [4.69, 9.17) is 9.15 Å². The molecule has 0 N–H and O–H groups in total. The van der Waals surface area contributed by atoms with E-state index in [0.29, 0.717) is 25.5 Å². The van der Waals surface area contributed by atoms with Gasteiger partial charge in [-0.05, 0) is 32.0 Å². The highest BCUT2D eigenvalue weighted by molar-refractivity contribution is 5.93. The van der Waals surface area contributed by atoms with E-state index in [0.717, 1.165) is 16.9 Å². The molecule has 0 unspecified atom stereocenters. The van der Waals surface area contributed by atoms with Gasteiger partial charge in [0.25, 0.3) is 5.91 Å². The Hall–Kier alpha value is -2.49. The van der Waals surface area contributed by atoms with Crippen molar-refractivity contribution in [1.29, 1.82) is 0 Å². The molecule has 2 rings (SSSR count). The van der Waals surface area contributed by atoms with E-state index in [1.54, 1.807) is 11.0 Å². The fraction of sp³-hybridized carbons (Fsp3) is 0.278. The molecule has 22 heavy (non-hydrogen) atoms. The Bertz CT molecular complexity index is 631. The number of furan rings is 1. The van der Waals surface area contributed by atoms with Crippen molar-refractivity contribution in [3.63, 3.8) is 0 Å². The van der Waals surface area contributed by atoms with Crippen LogP contribution in [-0.4, -0.2) is 23.9 Å². The van der Waals surface area contributed by atoms with Gasteiger partial charge in [0.1, 0.15) is 12.4 Å². The van der Waals surface area contributed by atoms with Gasteiger partial charge >= 0.3 is 0 Å². The second-order valence-corrected chi connectivity index (χ2v) is 5.15. The zero-order valence-corrected chi connectivity index (χ0v) is 13.0. The van der Waals surface area contributed by atoms with Gasteiger partial charge in [0.2, 0.25) is 0 Å². The Morgan fingerprint density at radius 2 is 2.00 bits per heavy atom. The van der Waals surface area contributed by atoms with Crippen LogP contribution in [0.3, 0.4) is 0 Å². The van der Waals surface area contributed by atoms with E-state index in [2.05, 4.69) is 6.58 Å². The van der Waals surface area contributed by atoms with Gasteiger partial charge in [0, 0.05) is 18.7 Å². The third-order valence-electron chi connectivity index (χ3n) is 3.21. The monoisotopic (exact) mass is 299 g/mol. The van der Waals surface area contributed by atoms with Crippen LogP contribution in [-0.2, 0) is 6.61 Å². The lowest BCUT2D eigenvalue weighted by molar-refractivity contribution is 0.0743. The number of para-hydroxylation sites is 1. The van der Waals surface area contributed by atoms with E-state index >= 15 is 0 Å². The normalized spacial score (nSPS) is 10.3.